The summed E-state index contributed by atoms with van der Waals surface area (Å²) in [4.78, 5) is 5.31. The van der Waals surface area contributed by atoms with Gasteiger partial charge in [0.25, 0.3) is 0 Å². The van der Waals surface area contributed by atoms with E-state index in [1.54, 1.807) is 25.6 Å². The third kappa shape index (κ3) is 6.77. The molecule has 4 nitrogen and oxygen atoms in total. The highest BCUT2D eigenvalue weighted by molar-refractivity contribution is 7.17. The maximum atomic E-state index is 16.5. The standard InChI is InChI=1S/C43H52F2O4S3/c1-15-43(12,41-27(9)35(45)37(51-41)33-29(47-14)19-17-21-31(33)49-23(4)5)40-25(7)24(6)38(52-40)42(10,11)39-26(8)34(44)36(50-39)32-28(46-13)18-16-20-30(32)48-22(2)3/h16-23H,15H2,1-14H3. The lowest BCUT2D eigenvalue weighted by Gasteiger charge is -2.29. The predicted octanol–water partition coefficient (Wildman–Crippen LogP) is 13.4. The molecule has 0 amide bonds. The Morgan fingerprint density at radius 2 is 0.942 bits per heavy atom. The number of methoxy groups -OCH3 is 2. The van der Waals surface area contributed by atoms with Gasteiger partial charge in [0.2, 0.25) is 0 Å². The van der Waals surface area contributed by atoms with Gasteiger partial charge >= 0.3 is 0 Å². The van der Waals surface area contributed by atoms with Crippen LogP contribution in [0.1, 0.15) is 104 Å². The quantitative estimate of drug-likeness (QED) is 0.120. The van der Waals surface area contributed by atoms with E-state index in [-0.39, 0.29) is 23.8 Å². The Morgan fingerprint density at radius 3 is 1.37 bits per heavy atom. The molecule has 0 aliphatic rings. The maximum Gasteiger partial charge on any atom is 0.145 e. The molecule has 1 atom stereocenters. The fourth-order valence-electron chi connectivity index (χ4n) is 7.19. The van der Waals surface area contributed by atoms with Gasteiger partial charge in [-0.15, -0.1) is 34.0 Å². The normalized spacial score (nSPS) is 13.2. The molecule has 3 aromatic heterocycles. The van der Waals surface area contributed by atoms with Crippen molar-refractivity contribution in [2.75, 3.05) is 14.2 Å². The lowest BCUT2D eigenvalue weighted by atomic mass is 9.79. The van der Waals surface area contributed by atoms with E-state index in [0.29, 0.717) is 55.0 Å². The second-order valence-corrected chi connectivity index (χ2v) is 17.8. The van der Waals surface area contributed by atoms with Crippen LogP contribution in [0.5, 0.6) is 23.0 Å². The topological polar surface area (TPSA) is 36.9 Å². The summed E-state index contributed by atoms with van der Waals surface area (Å²) in [5.41, 5.74) is 3.87. The van der Waals surface area contributed by atoms with E-state index in [2.05, 4.69) is 41.5 Å². The van der Waals surface area contributed by atoms with Gasteiger partial charge in [-0.2, -0.15) is 0 Å². The molecule has 280 valence electrons. The molecular formula is C43H52F2O4S3. The molecule has 1 unspecified atom stereocenters. The Kier molecular flexibility index (Phi) is 11.6. The number of halogens is 2. The van der Waals surface area contributed by atoms with Gasteiger partial charge < -0.3 is 18.9 Å². The fraction of sp³-hybridized carbons (Fsp3) is 0.442. The van der Waals surface area contributed by atoms with Crippen LogP contribution in [0.15, 0.2) is 36.4 Å². The van der Waals surface area contributed by atoms with Crippen molar-refractivity contribution in [2.45, 2.75) is 113 Å². The fourth-order valence-corrected chi connectivity index (χ4v) is 11.8. The molecule has 5 aromatic rings. The van der Waals surface area contributed by atoms with E-state index in [4.69, 9.17) is 18.9 Å². The molecule has 0 aliphatic carbocycles. The molecule has 2 aromatic carbocycles. The molecule has 3 heterocycles. The second-order valence-electron chi connectivity index (χ2n) is 14.7. The van der Waals surface area contributed by atoms with Crippen LogP contribution in [0.4, 0.5) is 8.78 Å². The first kappa shape index (κ1) is 39.8. The molecule has 0 aliphatic heterocycles. The van der Waals surface area contributed by atoms with Crippen LogP contribution in [-0.2, 0) is 10.8 Å². The Hall–Kier alpha value is -3.40. The summed E-state index contributed by atoms with van der Waals surface area (Å²) in [6.45, 7) is 24.7. The monoisotopic (exact) mass is 766 g/mol. The number of benzene rings is 2. The SMILES string of the molecule is CCC(C)(c1sc(C(C)(C)c2sc(-c3c(OC)cccc3OC(C)C)c(F)c2C)c(C)c1C)c1sc(-c2c(OC)cccc2OC(C)C)c(F)c1C. The predicted molar refractivity (Wildman–Crippen MR) is 216 cm³/mol. The third-order valence-electron chi connectivity index (χ3n) is 10.0. The minimum Gasteiger partial charge on any atom is -0.496 e. The first-order valence-corrected chi connectivity index (χ1v) is 20.3. The molecule has 52 heavy (non-hydrogen) atoms. The van der Waals surface area contributed by atoms with E-state index in [9.17, 15) is 0 Å². The summed E-state index contributed by atoms with van der Waals surface area (Å²) in [6.07, 6.45) is 0.587. The molecule has 9 heteroatoms. The summed E-state index contributed by atoms with van der Waals surface area (Å²) in [7, 11) is 3.21. The zero-order chi connectivity index (χ0) is 38.4. The van der Waals surface area contributed by atoms with E-state index in [0.717, 1.165) is 16.2 Å². The van der Waals surface area contributed by atoms with Crippen molar-refractivity contribution < 1.29 is 27.7 Å². The molecule has 0 bridgehead atoms. The highest BCUT2D eigenvalue weighted by Gasteiger charge is 2.41. The first-order valence-electron chi connectivity index (χ1n) is 17.8. The zero-order valence-corrected chi connectivity index (χ0v) is 35.4. The van der Waals surface area contributed by atoms with Crippen LogP contribution in [-0.4, -0.2) is 26.4 Å². The molecule has 0 saturated carbocycles. The second kappa shape index (κ2) is 15.2. The van der Waals surface area contributed by atoms with Crippen LogP contribution in [0.2, 0.25) is 0 Å². The van der Waals surface area contributed by atoms with Gasteiger partial charge in [-0.1, -0.05) is 32.9 Å². The molecular weight excluding hydrogens is 715 g/mol. The molecule has 0 N–H and O–H groups in total. The van der Waals surface area contributed by atoms with Crippen LogP contribution < -0.4 is 18.9 Å². The largest absolute Gasteiger partial charge is 0.496 e. The van der Waals surface area contributed by atoms with Gasteiger partial charge in [0.15, 0.2) is 0 Å². The highest BCUT2D eigenvalue weighted by Crippen LogP contribution is 2.55. The van der Waals surface area contributed by atoms with Gasteiger partial charge in [-0.05, 0) is 104 Å². The first-order chi connectivity index (χ1) is 24.4. The highest BCUT2D eigenvalue weighted by atomic mass is 32.1. The molecule has 5 rings (SSSR count). The van der Waals surface area contributed by atoms with Gasteiger partial charge in [-0.3, -0.25) is 0 Å². The number of ether oxygens (including phenoxy) is 4. The van der Waals surface area contributed by atoms with Gasteiger partial charge in [0, 0.05) is 41.5 Å². The lowest BCUT2D eigenvalue weighted by molar-refractivity contribution is 0.242. The van der Waals surface area contributed by atoms with E-state index in [1.165, 1.54) is 43.6 Å². The maximum absolute atomic E-state index is 16.5. The van der Waals surface area contributed by atoms with Crippen molar-refractivity contribution in [3.05, 3.63) is 89.8 Å². The van der Waals surface area contributed by atoms with Crippen LogP contribution >= 0.6 is 34.0 Å². The van der Waals surface area contributed by atoms with E-state index >= 15 is 8.78 Å². The van der Waals surface area contributed by atoms with Gasteiger partial charge in [0.1, 0.15) is 34.6 Å². The zero-order valence-electron chi connectivity index (χ0n) is 32.9. The lowest BCUT2D eigenvalue weighted by Crippen LogP contribution is -2.22. The average molecular weight is 767 g/mol. The van der Waals surface area contributed by atoms with Crippen molar-refractivity contribution >= 4 is 34.0 Å². The Bertz CT molecular complexity index is 2080. The summed E-state index contributed by atoms with van der Waals surface area (Å²) < 4.78 is 56.8. The smallest absolute Gasteiger partial charge is 0.145 e. The van der Waals surface area contributed by atoms with E-state index in [1.807, 2.05) is 77.9 Å². The third-order valence-corrected chi connectivity index (χ3v) is 15.2. The molecule has 0 spiro atoms. The van der Waals surface area contributed by atoms with Crippen molar-refractivity contribution in [2.24, 2.45) is 0 Å². The Morgan fingerprint density at radius 1 is 0.577 bits per heavy atom. The van der Waals surface area contributed by atoms with Gasteiger partial charge in [-0.25, -0.2) is 8.78 Å². The van der Waals surface area contributed by atoms with Crippen molar-refractivity contribution in [3.63, 3.8) is 0 Å². The average Bonchev–Trinajstić information content (AvgIpc) is 3.69. The number of hydrogen-bond donors (Lipinski definition) is 0. The molecule has 0 fully saturated rings. The van der Waals surface area contributed by atoms with Crippen LogP contribution in [0, 0.1) is 39.3 Å². The van der Waals surface area contributed by atoms with Crippen molar-refractivity contribution in [3.8, 4) is 43.9 Å². The van der Waals surface area contributed by atoms with Crippen molar-refractivity contribution in [1.29, 1.82) is 0 Å². The van der Waals surface area contributed by atoms with Crippen LogP contribution in [0.25, 0.3) is 20.9 Å². The van der Waals surface area contributed by atoms with E-state index < -0.39 is 10.8 Å². The summed E-state index contributed by atoms with van der Waals surface area (Å²) >= 11 is 4.70. The minimum absolute atomic E-state index is 0.0874. The number of rotatable bonds is 13. The molecule has 0 radical (unpaired) electrons. The number of hydrogen-bond acceptors (Lipinski definition) is 7. The molecule has 0 saturated heterocycles. The Labute approximate surface area is 320 Å². The summed E-state index contributed by atoms with van der Waals surface area (Å²) in [6, 6.07) is 11.2. The van der Waals surface area contributed by atoms with Gasteiger partial charge in [0.05, 0.1) is 47.3 Å². The van der Waals surface area contributed by atoms with Crippen LogP contribution in [0.3, 0.4) is 0 Å². The van der Waals surface area contributed by atoms with Crippen molar-refractivity contribution in [1.82, 2.24) is 0 Å². The number of thiophene rings is 3. The summed E-state index contributed by atoms with van der Waals surface area (Å²) in [5, 5.41) is 0. The summed E-state index contributed by atoms with van der Waals surface area (Å²) in [5.74, 6) is 1.82. The minimum atomic E-state index is -0.525. The Balaban J connectivity index is 1.66.